The zero-order valence-electron chi connectivity index (χ0n) is 16.9. The molecule has 2 rings (SSSR count). The molecule has 0 saturated carbocycles. The SMILES string of the molecule is CC[S@](=O)c1ccccc1C(=O)O[C@H](C)C(=O)NCc1ccc(OC)c(OC)c1. The van der Waals surface area contributed by atoms with Gasteiger partial charge < -0.3 is 19.5 Å². The van der Waals surface area contributed by atoms with E-state index in [1.807, 2.05) is 0 Å². The van der Waals surface area contributed by atoms with E-state index in [0.717, 1.165) is 5.56 Å². The molecule has 1 amide bonds. The van der Waals surface area contributed by atoms with E-state index in [0.29, 0.717) is 22.1 Å². The maximum atomic E-state index is 12.5. The molecule has 8 heteroatoms. The number of ether oxygens (including phenoxy) is 3. The smallest absolute Gasteiger partial charge is 0.340 e. The van der Waals surface area contributed by atoms with Crippen molar-refractivity contribution in [2.45, 2.75) is 31.4 Å². The summed E-state index contributed by atoms with van der Waals surface area (Å²) in [6.45, 7) is 3.49. The van der Waals surface area contributed by atoms with Crippen molar-refractivity contribution in [1.29, 1.82) is 0 Å². The first kappa shape index (κ1) is 22.4. The first-order chi connectivity index (χ1) is 13.9. The lowest BCUT2D eigenvalue weighted by Crippen LogP contribution is -2.35. The third-order valence-corrected chi connectivity index (χ3v) is 5.55. The third-order valence-electron chi connectivity index (χ3n) is 4.18. The Morgan fingerprint density at radius 2 is 1.76 bits per heavy atom. The van der Waals surface area contributed by atoms with Crippen LogP contribution in [0.25, 0.3) is 0 Å². The van der Waals surface area contributed by atoms with Gasteiger partial charge in [0.05, 0.1) is 35.5 Å². The fourth-order valence-corrected chi connectivity index (χ4v) is 3.53. The fraction of sp³-hybridized carbons (Fsp3) is 0.333. The lowest BCUT2D eigenvalue weighted by molar-refractivity contribution is -0.129. The van der Waals surface area contributed by atoms with Gasteiger partial charge >= 0.3 is 5.97 Å². The van der Waals surface area contributed by atoms with Crippen molar-refractivity contribution in [3.8, 4) is 11.5 Å². The molecule has 2 aromatic carbocycles. The Hall–Kier alpha value is -2.87. The van der Waals surface area contributed by atoms with Crippen molar-refractivity contribution in [3.63, 3.8) is 0 Å². The lowest BCUT2D eigenvalue weighted by atomic mass is 10.2. The Morgan fingerprint density at radius 1 is 1.07 bits per heavy atom. The van der Waals surface area contributed by atoms with Gasteiger partial charge in [-0.3, -0.25) is 9.00 Å². The molecule has 0 saturated heterocycles. The summed E-state index contributed by atoms with van der Waals surface area (Å²) in [5, 5.41) is 2.72. The first-order valence-electron chi connectivity index (χ1n) is 9.08. The number of rotatable bonds is 9. The number of carbonyl (C=O) groups is 2. The van der Waals surface area contributed by atoms with Crippen LogP contribution >= 0.6 is 0 Å². The molecular weight excluding hydrogens is 394 g/mol. The van der Waals surface area contributed by atoms with E-state index < -0.39 is 28.8 Å². The summed E-state index contributed by atoms with van der Waals surface area (Å²) in [6, 6.07) is 11.8. The number of methoxy groups -OCH3 is 2. The van der Waals surface area contributed by atoms with Crippen molar-refractivity contribution in [2.24, 2.45) is 0 Å². The number of amides is 1. The van der Waals surface area contributed by atoms with Crippen LogP contribution in [0.4, 0.5) is 0 Å². The molecule has 156 valence electrons. The van der Waals surface area contributed by atoms with Gasteiger partial charge in [-0.25, -0.2) is 4.79 Å². The van der Waals surface area contributed by atoms with E-state index in [2.05, 4.69) is 5.32 Å². The van der Waals surface area contributed by atoms with Gasteiger partial charge in [-0.2, -0.15) is 0 Å². The third kappa shape index (κ3) is 5.80. The fourth-order valence-electron chi connectivity index (χ4n) is 2.59. The van der Waals surface area contributed by atoms with Crippen molar-refractivity contribution >= 4 is 22.7 Å². The van der Waals surface area contributed by atoms with Gasteiger partial charge in [-0.15, -0.1) is 0 Å². The monoisotopic (exact) mass is 419 g/mol. The van der Waals surface area contributed by atoms with E-state index in [9.17, 15) is 13.8 Å². The second kappa shape index (κ2) is 10.6. The molecule has 0 radical (unpaired) electrons. The Bertz CT molecular complexity index is 898. The molecule has 0 bridgehead atoms. The average molecular weight is 419 g/mol. The predicted octanol–water partition coefficient (Wildman–Crippen LogP) is 2.69. The highest BCUT2D eigenvalue weighted by Gasteiger charge is 2.22. The molecule has 0 spiro atoms. The minimum absolute atomic E-state index is 0.201. The van der Waals surface area contributed by atoms with Crippen LogP contribution in [0.15, 0.2) is 47.4 Å². The predicted molar refractivity (Wildman–Crippen MR) is 110 cm³/mol. The van der Waals surface area contributed by atoms with Gasteiger partial charge in [0.25, 0.3) is 5.91 Å². The molecule has 29 heavy (non-hydrogen) atoms. The van der Waals surface area contributed by atoms with Crippen LogP contribution < -0.4 is 14.8 Å². The molecule has 7 nitrogen and oxygen atoms in total. The molecular formula is C21H25NO6S. The van der Waals surface area contributed by atoms with Crippen molar-refractivity contribution in [3.05, 3.63) is 53.6 Å². The summed E-state index contributed by atoms with van der Waals surface area (Å²) in [6.07, 6.45) is -1.01. The number of hydrogen-bond donors (Lipinski definition) is 1. The largest absolute Gasteiger partial charge is 0.493 e. The normalized spacial score (nSPS) is 12.6. The van der Waals surface area contributed by atoms with E-state index in [1.54, 1.807) is 56.5 Å². The molecule has 2 aromatic rings. The number of benzene rings is 2. The lowest BCUT2D eigenvalue weighted by Gasteiger charge is -2.15. The van der Waals surface area contributed by atoms with Crippen molar-refractivity contribution in [1.82, 2.24) is 5.32 Å². The maximum absolute atomic E-state index is 12.5. The molecule has 0 aromatic heterocycles. The van der Waals surface area contributed by atoms with Crippen LogP contribution in [0.5, 0.6) is 11.5 Å². The van der Waals surface area contributed by atoms with Gasteiger partial charge in [0.2, 0.25) is 0 Å². The number of hydrogen-bond acceptors (Lipinski definition) is 6. The number of esters is 1. The number of nitrogens with one attached hydrogen (secondary N) is 1. The molecule has 1 N–H and O–H groups in total. The molecule has 2 atom stereocenters. The zero-order valence-corrected chi connectivity index (χ0v) is 17.7. The molecule has 0 heterocycles. The Balaban J connectivity index is 1.99. The maximum Gasteiger partial charge on any atom is 0.340 e. The van der Waals surface area contributed by atoms with Gasteiger partial charge in [-0.1, -0.05) is 25.1 Å². The van der Waals surface area contributed by atoms with E-state index in [-0.39, 0.29) is 12.1 Å². The van der Waals surface area contributed by atoms with E-state index >= 15 is 0 Å². The van der Waals surface area contributed by atoms with Crippen LogP contribution in [0.3, 0.4) is 0 Å². The van der Waals surface area contributed by atoms with E-state index in [4.69, 9.17) is 14.2 Å². The minimum Gasteiger partial charge on any atom is -0.493 e. The summed E-state index contributed by atoms with van der Waals surface area (Å²) in [4.78, 5) is 25.2. The summed E-state index contributed by atoms with van der Waals surface area (Å²) in [5.41, 5.74) is 1.01. The summed E-state index contributed by atoms with van der Waals surface area (Å²) < 4.78 is 27.8. The molecule has 0 aliphatic carbocycles. The quantitative estimate of drug-likeness (QED) is 0.629. The topological polar surface area (TPSA) is 90.9 Å². The van der Waals surface area contributed by atoms with E-state index in [1.165, 1.54) is 14.0 Å². The second-order valence-electron chi connectivity index (χ2n) is 6.09. The Labute approximate surface area is 172 Å². The molecule has 0 aliphatic rings. The minimum atomic E-state index is -1.31. The van der Waals surface area contributed by atoms with Crippen molar-refractivity contribution < 1.29 is 28.0 Å². The zero-order chi connectivity index (χ0) is 21.4. The van der Waals surface area contributed by atoms with Gasteiger partial charge in [0.1, 0.15) is 0 Å². The molecule has 0 fully saturated rings. The van der Waals surface area contributed by atoms with Crippen LogP contribution in [-0.2, 0) is 26.9 Å². The van der Waals surface area contributed by atoms with Gasteiger partial charge in [0, 0.05) is 12.3 Å². The molecule has 0 unspecified atom stereocenters. The van der Waals surface area contributed by atoms with Gasteiger partial charge in [-0.05, 0) is 36.8 Å². The highest BCUT2D eigenvalue weighted by atomic mass is 32.2. The summed E-state index contributed by atoms with van der Waals surface area (Å²) >= 11 is 0. The van der Waals surface area contributed by atoms with Crippen LogP contribution in [0.1, 0.15) is 29.8 Å². The van der Waals surface area contributed by atoms with Crippen LogP contribution in [0, 0.1) is 0 Å². The Morgan fingerprint density at radius 3 is 2.41 bits per heavy atom. The second-order valence-corrected chi connectivity index (χ2v) is 7.79. The first-order valence-corrected chi connectivity index (χ1v) is 10.4. The highest BCUT2D eigenvalue weighted by molar-refractivity contribution is 7.85. The number of carbonyl (C=O) groups excluding carboxylic acids is 2. The summed E-state index contributed by atoms with van der Waals surface area (Å²) in [5.74, 6) is 0.400. The van der Waals surface area contributed by atoms with Crippen molar-refractivity contribution in [2.75, 3.05) is 20.0 Å². The molecule has 0 aliphatic heterocycles. The van der Waals surface area contributed by atoms with Crippen LogP contribution in [-0.4, -0.2) is 42.2 Å². The van der Waals surface area contributed by atoms with Crippen LogP contribution in [0.2, 0.25) is 0 Å². The highest BCUT2D eigenvalue weighted by Crippen LogP contribution is 2.27. The standard InChI is InChI=1S/C21H25NO6S/c1-5-29(25)19-9-7-6-8-16(19)21(24)28-14(2)20(23)22-13-15-10-11-17(26-3)18(12-15)27-4/h6-12,14H,5,13H2,1-4H3,(H,22,23)/t14-,29+/m1/s1. The summed E-state index contributed by atoms with van der Waals surface area (Å²) in [7, 11) is 1.77. The van der Waals surface area contributed by atoms with Gasteiger partial charge in [0.15, 0.2) is 17.6 Å². The Kier molecular flexibility index (Phi) is 8.21. The average Bonchev–Trinajstić information content (AvgIpc) is 2.76.